The van der Waals surface area contributed by atoms with Gasteiger partial charge in [-0.25, -0.2) is 0 Å². The van der Waals surface area contributed by atoms with E-state index in [4.69, 9.17) is 10.2 Å². The van der Waals surface area contributed by atoms with Crippen molar-refractivity contribution >= 4 is 0 Å². The second kappa shape index (κ2) is 7.87. The summed E-state index contributed by atoms with van der Waals surface area (Å²) in [6.45, 7) is 6.69. The summed E-state index contributed by atoms with van der Waals surface area (Å²) >= 11 is 0. The molecule has 0 saturated carbocycles. The number of hydrogen-bond acceptors (Lipinski definition) is 2. The molecule has 13 heavy (non-hydrogen) atoms. The zero-order chi connectivity index (χ0) is 10.1. The third-order valence-electron chi connectivity index (χ3n) is 1.73. The average Bonchev–Trinajstić information content (AvgIpc) is 2.65. The maximum atomic E-state index is 5.40. The zero-order valence-corrected chi connectivity index (χ0v) is 8.97. The summed E-state index contributed by atoms with van der Waals surface area (Å²) in [6.07, 6.45) is 5.37. The quantitative estimate of drug-likeness (QED) is 0.779. The molecule has 2 N–H and O–H groups in total. The third-order valence-corrected chi connectivity index (χ3v) is 1.73. The molecule has 0 amide bonds. The van der Waals surface area contributed by atoms with Crippen molar-refractivity contribution in [3.63, 3.8) is 0 Å². The predicted octanol–water partition coefficient (Wildman–Crippen LogP) is 3.11. The van der Waals surface area contributed by atoms with Crippen LogP contribution in [0, 0.1) is 0 Å². The van der Waals surface area contributed by atoms with Crippen LogP contribution in [0.15, 0.2) is 16.7 Å². The highest BCUT2D eigenvalue weighted by molar-refractivity contribution is 5.12. The molecule has 1 aromatic rings. The Morgan fingerprint density at radius 3 is 2.54 bits per heavy atom. The molecule has 0 aliphatic rings. The minimum Gasteiger partial charge on any atom is -0.468 e. The fraction of sp³-hybridized carbons (Fsp3) is 0.636. The Bertz CT molecular complexity index is 206. The fourth-order valence-electron chi connectivity index (χ4n) is 1.05. The van der Waals surface area contributed by atoms with Gasteiger partial charge in [0.2, 0.25) is 0 Å². The average molecular weight is 183 g/mol. The molecule has 0 saturated heterocycles. The molecule has 0 atom stereocenters. The highest BCUT2D eigenvalue weighted by Crippen LogP contribution is 2.09. The van der Waals surface area contributed by atoms with E-state index < -0.39 is 0 Å². The van der Waals surface area contributed by atoms with Gasteiger partial charge in [0.1, 0.15) is 5.76 Å². The van der Waals surface area contributed by atoms with Gasteiger partial charge in [0.25, 0.3) is 0 Å². The molecule has 1 heterocycles. The van der Waals surface area contributed by atoms with Crippen molar-refractivity contribution in [3.05, 3.63) is 23.7 Å². The minimum atomic E-state index is 0.506. The summed E-state index contributed by atoms with van der Waals surface area (Å²) in [5.74, 6) is 0.885. The second-order valence-electron chi connectivity index (χ2n) is 2.73. The number of nitrogens with two attached hydrogens (primary N) is 1. The Labute approximate surface area is 81.1 Å². The molecule has 2 nitrogen and oxygen atoms in total. The number of hydrogen-bond donors (Lipinski definition) is 1. The summed E-state index contributed by atoms with van der Waals surface area (Å²) < 4.78 is 5.19. The van der Waals surface area contributed by atoms with Crippen LogP contribution >= 0.6 is 0 Å². The van der Waals surface area contributed by atoms with Gasteiger partial charge in [-0.1, -0.05) is 27.2 Å². The molecular formula is C11H21NO. The van der Waals surface area contributed by atoms with Gasteiger partial charge in [-0.05, 0) is 24.5 Å². The largest absolute Gasteiger partial charge is 0.468 e. The van der Waals surface area contributed by atoms with Crippen LogP contribution < -0.4 is 5.73 Å². The summed E-state index contributed by atoms with van der Waals surface area (Å²) in [7, 11) is 0. The number of aryl methyl sites for hydroxylation is 1. The molecule has 1 rings (SSSR count). The van der Waals surface area contributed by atoms with E-state index in [2.05, 4.69) is 6.92 Å². The van der Waals surface area contributed by atoms with E-state index >= 15 is 0 Å². The number of unbranched alkanes of at least 4 members (excludes halogenated alkanes) is 1. The van der Waals surface area contributed by atoms with Crippen molar-refractivity contribution in [1.29, 1.82) is 0 Å². The SMILES string of the molecule is CC.CCCCc1coc(CN)c1. The highest BCUT2D eigenvalue weighted by Gasteiger charge is 1.98. The Kier molecular flexibility index (Phi) is 7.41. The summed E-state index contributed by atoms with van der Waals surface area (Å²) in [5.41, 5.74) is 6.67. The Balaban J connectivity index is 0.000000671. The first-order valence-electron chi connectivity index (χ1n) is 5.13. The molecule has 0 bridgehead atoms. The monoisotopic (exact) mass is 183 g/mol. The van der Waals surface area contributed by atoms with Gasteiger partial charge < -0.3 is 10.2 Å². The van der Waals surface area contributed by atoms with Gasteiger partial charge in [0.15, 0.2) is 0 Å². The van der Waals surface area contributed by atoms with Gasteiger partial charge in [0, 0.05) is 0 Å². The predicted molar refractivity (Wildman–Crippen MR) is 56.6 cm³/mol. The number of furan rings is 1. The van der Waals surface area contributed by atoms with Gasteiger partial charge in [-0.3, -0.25) is 0 Å². The van der Waals surface area contributed by atoms with Crippen LogP contribution in [-0.4, -0.2) is 0 Å². The van der Waals surface area contributed by atoms with Gasteiger partial charge in [-0.15, -0.1) is 0 Å². The zero-order valence-electron chi connectivity index (χ0n) is 8.97. The molecule has 76 valence electrons. The molecule has 0 spiro atoms. The molecule has 0 radical (unpaired) electrons. The topological polar surface area (TPSA) is 39.2 Å². The standard InChI is InChI=1S/C9H15NO.C2H6/c1-2-3-4-8-5-9(6-10)11-7-8;1-2/h5,7H,2-4,6,10H2,1H3;1-2H3. The van der Waals surface area contributed by atoms with E-state index in [-0.39, 0.29) is 0 Å². The lowest BCUT2D eigenvalue weighted by Crippen LogP contribution is -1.92. The molecule has 0 aliphatic heterocycles. The minimum absolute atomic E-state index is 0.506. The van der Waals surface area contributed by atoms with Crippen LogP contribution in [0.3, 0.4) is 0 Å². The van der Waals surface area contributed by atoms with E-state index in [0.29, 0.717) is 6.54 Å². The van der Waals surface area contributed by atoms with Crippen molar-refractivity contribution in [2.75, 3.05) is 0 Å². The van der Waals surface area contributed by atoms with Crippen LogP contribution in [0.2, 0.25) is 0 Å². The Hall–Kier alpha value is -0.760. The molecular weight excluding hydrogens is 162 g/mol. The van der Waals surface area contributed by atoms with Crippen molar-refractivity contribution < 1.29 is 4.42 Å². The fourth-order valence-corrected chi connectivity index (χ4v) is 1.05. The van der Waals surface area contributed by atoms with Crippen molar-refractivity contribution in [3.8, 4) is 0 Å². The Morgan fingerprint density at radius 2 is 2.08 bits per heavy atom. The molecule has 1 aromatic heterocycles. The van der Waals surface area contributed by atoms with Crippen molar-refractivity contribution in [2.24, 2.45) is 5.73 Å². The van der Waals surface area contributed by atoms with E-state index in [1.54, 1.807) is 6.26 Å². The van der Waals surface area contributed by atoms with Crippen LogP contribution in [0.5, 0.6) is 0 Å². The van der Waals surface area contributed by atoms with Crippen LogP contribution in [-0.2, 0) is 13.0 Å². The third kappa shape index (κ3) is 4.73. The molecule has 0 aromatic carbocycles. The summed E-state index contributed by atoms with van der Waals surface area (Å²) in [6, 6.07) is 2.04. The lowest BCUT2D eigenvalue weighted by atomic mass is 10.1. The first-order valence-corrected chi connectivity index (χ1v) is 5.13. The normalized spacial score (nSPS) is 9.23. The molecule has 2 heteroatoms. The first-order chi connectivity index (χ1) is 6.36. The maximum absolute atomic E-state index is 5.40. The number of rotatable bonds is 4. The second-order valence-corrected chi connectivity index (χ2v) is 2.73. The summed E-state index contributed by atoms with van der Waals surface area (Å²) in [4.78, 5) is 0. The summed E-state index contributed by atoms with van der Waals surface area (Å²) in [5, 5.41) is 0. The van der Waals surface area contributed by atoms with Gasteiger partial charge >= 0.3 is 0 Å². The molecule has 0 aliphatic carbocycles. The van der Waals surface area contributed by atoms with Crippen molar-refractivity contribution in [1.82, 2.24) is 0 Å². The first kappa shape index (κ1) is 12.2. The lowest BCUT2D eigenvalue weighted by Gasteiger charge is -1.90. The van der Waals surface area contributed by atoms with Crippen LogP contribution in [0.4, 0.5) is 0 Å². The van der Waals surface area contributed by atoms with Crippen LogP contribution in [0.1, 0.15) is 44.9 Å². The van der Waals surface area contributed by atoms with E-state index in [0.717, 1.165) is 12.2 Å². The van der Waals surface area contributed by atoms with E-state index in [9.17, 15) is 0 Å². The van der Waals surface area contributed by atoms with Crippen LogP contribution in [0.25, 0.3) is 0 Å². The van der Waals surface area contributed by atoms with E-state index in [1.165, 1.54) is 18.4 Å². The van der Waals surface area contributed by atoms with Gasteiger partial charge in [-0.2, -0.15) is 0 Å². The lowest BCUT2D eigenvalue weighted by molar-refractivity contribution is 0.510. The smallest absolute Gasteiger partial charge is 0.117 e. The molecule has 0 unspecified atom stereocenters. The molecule has 0 fully saturated rings. The van der Waals surface area contributed by atoms with Crippen molar-refractivity contribution in [2.45, 2.75) is 46.6 Å². The van der Waals surface area contributed by atoms with Gasteiger partial charge in [0.05, 0.1) is 12.8 Å². The highest BCUT2D eigenvalue weighted by atomic mass is 16.3. The van der Waals surface area contributed by atoms with E-state index in [1.807, 2.05) is 19.9 Å². The maximum Gasteiger partial charge on any atom is 0.117 e. The Morgan fingerprint density at radius 1 is 1.38 bits per heavy atom.